The van der Waals surface area contributed by atoms with E-state index in [1.165, 1.54) is 0 Å². The number of methoxy groups -OCH3 is 2. The number of ether oxygens (including phenoxy) is 3. The van der Waals surface area contributed by atoms with Gasteiger partial charge < -0.3 is 14.2 Å². The Morgan fingerprint density at radius 3 is 2.58 bits per heavy atom. The van der Waals surface area contributed by atoms with Crippen molar-refractivity contribution in [1.82, 2.24) is 0 Å². The first-order valence-corrected chi connectivity index (χ1v) is 6.25. The third-order valence-electron chi connectivity index (χ3n) is 2.54. The lowest BCUT2D eigenvalue weighted by molar-refractivity contribution is -0.142. The van der Waals surface area contributed by atoms with Crippen LogP contribution in [0.1, 0.15) is 25.3 Å². The molecule has 0 aromatic heterocycles. The highest BCUT2D eigenvalue weighted by molar-refractivity contribution is 5.69. The Hall–Kier alpha value is -1.97. The topological polar surface area (TPSA) is 44.8 Å². The average molecular weight is 264 g/mol. The minimum absolute atomic E-state index is 0.167. The van der Waals surface area contributed by atoms with Crippen molar-refractivity contribution in [3.05, 3.63) is 29.8 Å². The van der Waals surface area contributed by atoms with Crippen LogP contribution in [0.15, 0.2) is 24.3 Å². The molecule has 0 amide bonds. The van der Waals surface area contributed by atoms with Gasteiger partial charge in [-0.25, -0.2) is 0 Å². The number of carbonyl (C=O) groups is 1. The molecule has 0 saturated carbocycles. The van der Waals surface area contributed by atoms with Crippen LogP contribution in [0, 0.1) is 0 Å². The highest BCUT2D eigenvalue weighted by Crippen LogP contribution is 2.27. The maximum Gasteiger partial charge on any atom is 0.306 e. The Labute approximate surface area is 114 Å². The summed E-state index contributed by atoms with van der Waals surface area (Å²) in [6, 6.07) is 5.67. The lowest BCUT2D eigenvalue weighted by atomic mass is 10.1. The van der Waals surface area contributed by atoms with Gasteiger partial charge in [0.2, 0.25) is 0 Å². The van der Waals surface area contributed by atoms with Crippen molar-refractivity contribution in [2.24, 2.45) is 0 Å². The number of carbonyl (C=O) groups excluding carboxylic acids is 1. The van der Waals surface area contributed by atoms with Crippen LogP contribution in [0.5, 0.6) is 11.5 Å². The zero-order chi connectivity index (χ0) is 14.1. The fourth-order valence-corrected chi connectivity index (χ4v) is 1.61. The van der Waals surface area contributed by atoms with Crippen LogP contribution in [0.2, 0.25) is 0 Å². The molecule has 0 heterocycles. The molecular weight excluding hydrogens is 244 g/mol. The molecule has 19 heavy (non-hydrogen) atoms. The molecule has 1 rings (SSSR count). The van der Waals surface area contributed by atoms with Crippen LogP contribution in [0.4, 0.5) is 0 Å². The standard InChI is InChI=1S/C15H20O4/c1-4-19-15(16)8-6-5-7-12-9-10-13(17-2)14(11-12)18-3/h5,7,9-11H,4,6,8H2,1-3H3/b7-5+. The summed E-state index contributed by atoms with van der Waals surface area (Å²) in [5.74, 6) is 1.22. The van der Waals surface area contributed by atoms with Gasteiger partial charge in [0.15, 0.2) is 11.5 Å². The average Bonchev–Trinajstić information content (AvgIpc) is 2.43. The summed E-state index contributed by atoms with van der Waals surface area (Å²) in [7, 11) is 3.21. The Bertz CT molecular complexity index is 438. The second-order valence-corrected chi connectivity index (χ2v) is 3.86. The first kappa shape index (κ1) is 15.1. The second-order valence-electron chi connectivity index (χ2n) is 3.86. The molecule has 0 N–H and O–H groups in total. The van der Waals surface area contributed by atoms with Crippen LogP contribution in [-0.2, 0) is 9.53 Å². The minimum atomic E-state index is -0.167. The van der Waals surface area contributed by atoms with Crippen LogP contribution >= 0.6 is 0 Å². The Kier molecular flexibility index (Phi) is 6.50. The molecule has 0 aliphatic rings. The van der Waals surface area contributed by atoms with Gasteiger partial charge in [0.1, 0.15) is 0 Å². The van der Waals surface area contributed by atoms with Crippen molar-refractivity contribution >= 4 is 12.0 Å². The van der Waals surface area contributed by atoms with Gasteiger partial charge in [-0.2, -0.15) is 0 Å². The van der Waals surface area contributed by atoms with Crippen LogP contribution in [0.3, 0.4) is 0 Å². The molecule has 0 radical (unpaired) electrons. The van der Waals surface area contributed by atoms with Crippen molar-refractivity contribution in [3.63, 3.8) is 0 Å². The van der Waals surface area contributed by atoms with E-state index >= 15 is 0 Å². The minimum Gasteiger partial charge on any atom is -0.493 e. The van der Waals surface area contributed by atoms with Crippen molar-refractivity contribution < 1.29 is 19.0 Å². The maximum atomic E-state index is 11.1. The smallest absolute Gasteiger partial charge is 0.306 e. The third kappa shape index (κ3) is 5.04. The molecule has 0 saturated heterocycles. The third-order valence-corrected chi connectivity index (χ3v) is 2.54. The normalized spacial score (nSPS) is 10.5. The summed E-state index contributed by atoms with van der Waals surface area (Å²) in [5, 5.41) is 0. The Morgan fingerprint density at radius 1 is 1.21 bits per heavy atom. The first-order valence-electron chi connectivity index (χ1n) is 6.25. The van der Waals surface area contributed by atoms with Gasteiger partial charge in [-0.3, -0.25) is 4.79 Å². The van der Waals surface area contributed by atoms with Crippen molar-refractivity contribution in [3.8, 4) is 11.5 Å². The number of hydrogen-bond acceptors (Lipinski definition) is 4. The highest BCUT2D eigenvalue weighted by atomic mass is 16.5. The molecule has 0 fully saturated rings. The van der Waals surface area contributed by atoms with Gasteiger partial charge in [-0.05, 0) is 31.0 Å². The zero-order valence-corrected chi connectivity index (χ0v) is 11.6. The monoisotopic (exact) mass is 264 g/mol. The van der Waals surface area contributed by atoms with Crippen molar-refractivity contribution in [2.75, 3.05) is 20.8 Å². The molecular formula is C15H20O4. The lowest BCUT2D eigenvalue weighted by Gasteiger charge is -2.07. The lowest BCUT2D eigenvalue weighted by Crippen LogP contribution is -2.02. The predicted octanol–water partition coefficient (Wildman–Crippen LogP) is 3.06. The van der Waals surface area contributed by atoms with Crippen molar-refractivity contribution in [2.45, 2.75) is 19.8 Å². The zero-order valence-electron chi connectivity index (χ0n) is 11.6. The second kappa shape index (κ2) is 8.19. The van der Waals surface area contributed by atoms with Gasteiger partial charge in [0.25, 0.3) is 0 Å². The number of rotatable bonds is 7. The van der Waals surface area contributed by atoms with E-state index in [1.807, 2.05) is 30.4 Å². The summed E-state index contributed by atoms with van der Waals surface area (Å²) in [4.78, 5) is 11.1. The molecule has 1 aromatic carbocycles. The summed E-state index contributed by atoms with van der Waals surface area (Å²) >= 11 is 0. The molecule has 4 heteroatoms. The molecule has 0 unspecified atom stereocenters. The summed E-state index contributed by atoms with van der Waals surface area (Å²) in [5.41, 5.74) is 1.00. The number of allylic oxidation sites excluding steroid dienone is 1. The van der Waals surface area contributed by atoms with E-state index in [0.717, 1.165) is 5.56 Å². The molecule has 4 nitrogen and oxygen atoms in total. The molecule has 0 bridgehead atoms. The van der Waals surface area contributed by atoms with E-state index in [1.54, 1.807) is 21.1 Å². The molecule has 0 atom stereocenters. The number of hydrogen-bond donors (Lipinski definition) is 0. The van der Waals surface area contributed by atoms with Gasteiger partial charge in [0.05, 0.1) is 20.8 Å². The van der Waals surface area contributed by atoms with Crippen LogP contribution in [0.25, 0.3) is 6.08 Å². The summed E-state index contributed by atoms with van der Waals surface area (Å²) in [6.07, 6.45) is 4.95. The van der Waals surface area contributed by atoms with E-state index in [-0.39, 0.29) is 5.97 Å². The van der Waals surface area contributed by atoms with Gasteiger partial charge in [0, 0.05) is 6.42 Å². The van der Waals surface area contributed by atoms with Crippen LogP contribution < -0.4 is 9.47 Å². The molecule has 1 aromatic rings. The predicted molar refractivity (Wildman–Crippen MR) is 74.4 cm³/mol. The molecule has 0 spiro atoms. The fraction of sp³-hybridized carbons (Fsp3) is 0.400. The fourth-order valence-electron chi connectivity index (χ4n) is 1.61. The maximum absolute atomic E-state index is 11.1. The first-order chi connectivity index (χ1) is 9.21. The molecule has 0 aliphatic carbocycles. The van der Waals surface area contributed by atoms with E-state index < -0.39 is 0 Å². The van der Waals surface area contributed by atoms with Gasteiger partial charge >= 0.3 is 5.97 Å². The van der Waals surface area contributed by atoms with E-state index in [0.29, 0.717) is 30.9 Å². The van der Waals surface area contributed by atoms with E-state index in [4.69, 9.17) is 14.2 Å². The Balaban J connectivity index is 2.55. The van der Waals surface area contributed by atoms with Crippen molar-refractivity contribution in [1.29, 1.82) is 0 Å². The van der Waals surface area contributed by atoms with E-state index in [2.05, 4.69) is 0 Å². The largest absolute Gasteiger partial charge is 0.493 e. The highest BCUT2D eigenvalue weighted by Gasteiger charge is 2.02. The van der Waals surface area contributed by atoms with Crippen LogP contribution in [-0.4, -0.2) is 26.8 Å². The number of esters is 1. The molecule has 0 aliphatic heterocycles. The van der Waals surface area contributed by atoms with Gasteiger partial charge in [-0.1, -0.05) is 18.2 Å². The quantitative estimate of drug-likeness (QED) is 0.710. The SMILES string of the molecule is CCOC(=O)CC/C=C/c1ccc(OC)c(OC)c1. The van der Waals surface area contributed by atoms with Gasteiger partial charge in [-0.15, -0.1) is 0 Å². The Morgan fingerprint density at radius 2 is 1.95 bits per heavy atom. The number of benzene rings is 1. The summed E-state index contributed by atoms with van der Waals surface area (Å²) < 4.78 is 15.2. The van der Waals surface area contributed by atoms with E-state index in [9.17, 15) is 4.79 Å². The summed E-state index contributed by atoms with van der Waals surface area (Å²) in [6.45, 7) is 2.23. The molecule has 104 valence electrons.